The summed E-state index contributed by atoms with van der Waals surface area (Å²) >= 11 is 0. The molecule has 8 heteroatoms. The molecule has 0 aliphatic carbocycles. The SMILES string of the molecule is c1ccc(-c2nc(-c3ccccc3)nc(-c3cccc4oc5ccc(-c6ccc7c(c6)n(-c6ccccc6)c6nc8c(c9ccccc9n8-c8ccccc8)n76)cc5c34)n2)cc1. The van der Waals surface area contributed by atoms with Crippen molar-refractivity contribution in [1.82, 2.24) is 33.5 Å². The number of furan rings is 1. The number of fused-ring (bicyclic) bond motifs is 10. The van der Waals surface area contributed by atoms with Gasteiger partial charge in [-0.05, 0) is 71.8 Å². The Balaban J connectivity index is 1.02. The second-order valence-corrected chi connectivity index (χ2v) is 15.5. The van der Waals surface area contributed by atoms with Crippen molar-refractivity contribution in [2.24, 2.45) is 0 Å². The largest absolute Gasteiger partial charge is 0.456 e. The van der Waals surface area contributed by atoms with Crippen molar-refractivity contribution in [2.45, 2.75) is 0 Å². The Kier molecular flexibility index (Phi) is 7.43. The number of rotatable bonds is 6. The molecule has 0 fully saturated rings. The fraction of sp³-hybridized carbons (Fsp3) is 0. The van der Waals surface area contributed by atoms with Crippen LogP contribution in [-0.2, 0) is 0 Å². The molecule has 0 aliphatic rings. The smallest absolute Gasteiger partial charge is 0.222 e. The molecule has 0 bridgehead atoms. The summed E-state index contributed by atoms with van der Waals surface area (Å²) in [6.45, 7) is 0. The second-order valence-electron chi connectivity index (χ2n) is 15.5. The molecular weight excluding hydrogens is 763 g/mol. The Morgan fingerprint density at radius 2 is 0.968 bits per heavy atom. The van der Waals surface area contributed by atoms with Crippen molar-refractivity contribution in [3.8, 4) is 56.7 Å². The fourth-order valence-corrected chi connectivity index (χ4v) is 9.13. The van der Waals surface area contributed by atoms with E-state index in [-0.39, 0.29) is 0 Å². The average Bonchev–Trinajstić information content (AvgIpc) is 4.08. The number of hydrogen-bond donors (Lipinski definition) is 0. The Bertz CT molecular complexity index is 3790. The standard InChI is InChI=1S/C54H33N7O/c1-5-16-34(17-6-1)50-55-51(35-18-7-2-8-19-35)57-52(56-50)41-25-15-27-47-48(41)42-32-36(29-31-46(42)62-47)37-28-30-44-45(33-37)60(39-22-11-4-12-23-39)54-58-53-49(61(44)54)40-24-13-14-26-43(40)59(53)38-20-9-3-10-21-38/h1-33H. The highest BCUT2D eigenvalue weighted by Gasteiger charge is 2.24. The first-order valence-electron chi connectivity index (χ1n) is 20.6. The third-order valence-electron chi connectivity index (χ3n) is 11.9. The predicted molar refractivity (Wildman–Crippen MR) is 249 cm³/mol. The van der Waals surface area contributed by atoms with Gasteiger partial charge in [0.2, 0.25) is 5.78 Å². The minimum Gasteiger partial charge on any atom is -0.456 e. The monoisotopic (exact) mass is 795 g/mol. The highest BCUT2D eigenvalue weighted by molar-refractivity contribution is 6.13. The Morgan fingerprint density at radius 3 is 1.68 bits per heavy atom. The summed E-state index contributed by atoms with van der Waals surface area (Å²) in [6, 6.07) is 69.0. The molecule has 0 saturated heterocycles. The Labute approximate surface area is 354 Å². The van der Waals surface area contributed by atoms with Crippen molar-refractivity contribution in [2.75, 3.05) is 0 Å². The Hall–Kier alpha value is -8.62. The van der Waals surface area contributed by atoms with E-state index in [9.17, 15) is 0 Å². The zero-order valence-corrected chi connectivity index (χ0v) is 33.1. The molecule has 0 spiro atoms. The molecule has 62 heavy (non-hydrogen) atoms. The van der Waals surface area contributed by atoms with E-state index in [1.54, 1.807) is 0 Å². The molecule has 5 aromatic heterocycles. The molecule has 8 aromatic carbocycles. The van der Waals surface area contributed by atoms with Gasteiger partial charge in [0.1, 0.15) is 16.7 Å². The first kappa shape index (κ1) is 34.3. The van der Waals surface area contributed by atoms with Gasteiger partial charge in [0.15, 0.2) is 23.1 Å². The lowest BCUT2D eigenvalue weighted by atomic mass is 10.00. The zero-order valence-electron chi connectivity index (χ0n) is 33.1. The van der Waals surface area contributed by atoms with E-state index in [4.69, 9.17) is 24.4 Å². The molecule has 0 aliphatic heterocycles. The van der Waals surface area contributed by atoms with Gasteiger partial charge in [-0.15, -0.1) is 0 Å². The van der Waals surface area contributed by atoms with E-state index in [2.05, 4.69) is 141 Å². The van der Waals surface area contributed by atoms with E-state index in [1.165, 1.54) is 0 Å². The molecule has 5 heterocycles. The van der Waals surface area contributed by atoms with Crippen LogP contribution in [0.25, 0.3) is 117 Å². The van der Waals surface area contributed by atoms with Gasteiger partial charge in [0, 0.05) is 44.2 Å². The van der Waals surface area contributed by atoms with Crippen molar-refractivity contribution >= 4 is 60.8 Å². The number of aromatic nitrogens is 7. The number of benzene rings is 8. The summed E-state index contributed by atoms with van der Waals surface area (Å²) in [6.07, 6.45) is 0. The van der Waals surface area contributed by atoms with E-state index >= 15 is 0 Å². The lowest BCUT2D eigenvalue weighted by Gasteiger charge is -2.09. The van der Waals surface area contributed by atoms with Crippen LogP contribution in [0, 0.1) is 0 Å². The van der Waals surface area contributed by atoms with Crippen molar-refractivity contribution in [3.63, 3.8) is 0 Å². The first-order chi connectivity index (χ1) is 30.7. The zero-order chi connectivity index (χ0) is 40.7. The summed E-state index contributed by atoms with van der Waals surface area (Å²) in [5, 5.41) is 3.09. The van der Waals surface area contributed by atoms with Crippen LogP contribution in [0.15, 0.2) is 205 Å². The Morgan fingerprint density at radius 1 is 0.371 bits per heavy atom. The lowest BCUT2D eigenvalue weighted by molar-refractivity contribution is 0.669. The molecule has 0 radical (unpaired) electrons. The van der Waals surface area contributed by atoms with Crippen LogP contribution in [0.3, 0.4) is 0 Å². The van der Waals surface area contributed by atoms with Gasteiger partial charge in [-0.2, -0.15) is 4.98 Å². The summed E-state index contributed by atoms with van der Waals surface area (Å²) in [4.78, 5) is 20.6. The highest BCUT2D eigenvalue weighted by Crippen LogP contribution is 2.41. The van der Waals surface area contributed by atoms with Crippen molar-refractivity contribution < 1.29 is 4.42 Å². The molecule has 0 amide bonds. The van der Waals surface area contributed by atoms with Gasteiger partial charge < -0.3 is 4.42 Å². The summed E-state index contributed by atoms with van der Waals surface area (Å²) in [5.74, 6) is 2.67. The highest BCUT2D eigenvalue weighted by atomic mass is 16.3. The predicted octanol–water partition coefficient (Wildman–Crippen LogP) is 13.1. The molecule has 0 saturated carbocycles. The topological polar surface area (TPSA) is 79.0 Å². The maximum Gasteiger partial charge on any atom is 0.222 e. The van der Waals surface area contributed by atoms with Gasteiger partial charge in [-0.25, -0.2) is 15.0 Å². The third kappa shape index (κ3) is 5.20. The minimum absolute atomic E-state index is 0.585. The quantitative estimate of drug-likeness (QED) is 0.167. The fourth-order valence-electron chi connectivity index (χ4n) is 9.13. The van der Waals surface area contributed by atoms with Crippen LogP contribution in [0.1, 0.15) is 0 Å². The average molecular weight is 796 g/mol. The number of hydrogen-bond acceptors (Lipinski definition) is 5. The van der Waals surface area contributed by atoms with Gasteiger partial charge in [0.25, 0.3) is 0 Å². The molecule has 0 atom stereocenters. The third-order valence-corrected chi connectivity index (χ3v) is 11.9. The van der Waals surface area contributed by atoms with Gasteiger partial charge in [-0.1, -0.05) is 140 Å². The van der Waals surface area contributed by atoms with E-state index in [0.29, 0.717) is 17.5 Å². The second kappa shape index (κ2) is 13.5. The number of imidazole rings is 2. The number of para-hydroxylation sites is 3. The van der Waals surface area contributed by atoms with Crippen molar-refractivity contribution in [3.05, 3.63) is 200 Å². The van der Waals surface area contributed by atoms with E-state index in [0.717, 1.165) is 100 Å². The van der Waals surface area contributed by atoms with E-state index < -0.39 is 0 Å². The molecule has 13 aromatic rings. The molecule has 290 valence electrons. The summed E-state index contributed by atoms with van der Waals surface area (Å²) in [7, 11) is 0. The molecule has 0 unspecified atom stereocenters. The van der Waals surface area contributed by atoms with Crippen molar-refractivity contribution in [1.29, 1.82) is 0 Å². The van der Waals surface area contributed by atoms with Crippen LogP contribution in [-0.4, -0.2) is 33.5 Å². The summed E-state index contributed by atoms with van der Waals surface area (Å²) < 4.78 is 13.4. The van der Waals surface area contributed by atoms with E-state index in [1.807, 2.05) is 72.8 Å². The van der Waals surface area contributed by atoms with Gasteiger partial charge >= 0.3 is 0 Å². The molecule has 8 nitrogen and oxygen atoms in total. The lowest BCUT2D eigenvalue weighted by Crippen LogP contribution is -2.00. The maximum absolute atomic E-state index is 6.53. The maximum atomic E-state index is 6.53. The first-order valence-corrected chi connectivity index (χ1v) is 20.6. The normalized spacial score (nSPS) is 11.9. The molecular formula is C54H33N7O. The van der Waals surface area contributed by atoms with Crippen LogP contribution in [0.4, 0.5) is 0 Å². The van der Waals surface area contributed by atoms with Crippen LogP contribution in [0.5, 0.6) is 0 Å². The minimum atomic E-state index is 0.585. The number of nitrogens with zero attached hydrogens (tertiary/aromatic N) is 7. The van der Waals surface area contributed by atoms with Crippen LogP contribution >= 0.6 is 0 Å². The van der Waals surface area contributed by atoms with Gasteiger partial charge in [0.05, 0.1) is 16.6 Å². The summed E-state index contributed by atoms with van der Waals surface area (Å²) in [5.41, 5.74) is 13.8. The molecule has 0 N–H and O–H groups in total. The molecule has 13 rings (SSSR count). The van der Waals surface area contributed by atoms with Gasteiger partial charge in [-0.3, -0.25) is 13.5 Å². The van der Waals surface area contributed by atoms with Crippen LogP contribution in [0.2, 0.25) is 0 Å². The van der Waals surface area contributed by atoms with Crippen LogP contribution < -0.4 is 0 Å².